The van der Waals surface area contributed by atoms with Crippen LogP contribution < -0.4 is 16.2 Å². The predicted octanol–water partition coefficient (Wildman–Crippen LogP) is 0.140. The van der Waals surface area contributed by atoms with E-state index in [1.807, 2.05) is 30.3 Å². The van der Waals surface area contributed by atoms with Crippen LogP contribution in [0.1, 0.15) is 44.1 Å². The smallest absolute Gasteiger partial charge is 0.326 e. The van der Waals surface area contributed by atoms with E-state index < -0.39 is 40.1 Å². The van der Waals surface area contributed by atoms with E-state index in [0.717, 1.165) is 18.2 Å². The van der Waals surface area contributed by atoms with E-state index in [1.54, 1.807) is 0 Å². The highest BCUT2D eigenvalue weighted by Crippen LogP contribution is 2.20. The number of carbonyl (C=O) groups excluding carboxylic acids is 1. The Kier molecular flexibility index (Phi) is 12.7. The molecule has 11 nitrogen and oxygen atoms in total. The summed E-state index contributed by atoms with van der Waals surface area (Å²) in [6, 6.07) is 7.10. The third kappa shape index (κ3) is 11.5. The van der Waals surface area contributed by atoms with Crippen molar-refractivity contribution in [3.8, 4) is 0 Å². The Morgan fingerprint density at radius 1 is 1.12 bits per heavy atom. The molecule has 0 saturated carbocycles. The SMILES string of the molecule is CS(N)(=O)=O.NCCCC[C@H](NC(CCc1ccccc1)C(=O)O)C(=O)N1CCC[C@H]1C(=O)O. The number of benzene rings is 1. The standard InChI is InChI=1S/C21H31N3O5.CH5NO2S/c22-13-5-4-9-16(19(25)24-14-6-10-18(24)21(28)29)23-17(20(26)27)12-11-15-7-2-1-3-8-15;1-5(2,3)4/h1-3,7-8,16-18,23H,4-6,9-14,22H2,(H,26,27)(H,28,29);1H3,(H2,2,3,4)/t16-,17?,18-;/m0./s1. The second-order valence-electron chi connectivity index (χ2n) is 8.28. The largest absolute Gasteiger partial charge is 0.480 e. The molecule has 12 heteroatoms. The van der Waals surface area contributed by atoms with Crippen molar-refractivity contribution >= 4 is 27.9 Å². The van der Waals surface area contributed by atoms with Crippen molar-refractivity contribution in [1.29, 1.82) is 0 Å². The van der Waals surface area contributed by atoms with Crippen LogP contribution in [0.2, 0.25) is 0 Å². The zero-order valence-corrected chi connectivity index (χ0v) is 20.2. The Balaban J connectivity index is 0.00000104. The van der Waals surface area contributed by atoms with Gasteiger partial charge < -0.3 is 20.8 Å². The minimum atomic E-state index is -3.17. The molecule has 1 aliphatic heterocycles. The van der Waals surface area contributed by atoms with E-state index in [-0.39, 0.29) is 5.91 Å². The maximum absolute atomic E-state index is 13.1. The number of hydrogen-bond donors (Lipinski definition) is 5. The maximum atomic E-state index is 13.1. The highest BCUT2D eigenvalue weighted by atomic mass is 32.2. The molecule has 0 radical (unpaired) electrons. The van der Waals surface area contributed by atoms with Gasteiger partial charge >= 0.3 is 11.9 Å². The van der Waals surface area contributed by atoms with Gasteiger partial charge in [0.2, 0.25) is 15.9 Å². The average Bonchev–Trinajstić information content (AvgIpc) is 3.24. The predicted molar refractivity (Wildman–Crippen MR) is 127 cm³/mol. The van der Waals surface area contributed by atoms with E-state index in [9.17, 15) is 33.0 Å². The van der Waals surface area contributed by atoms with Gasteiger partial charge in [0.15, 0.2) is 0 Å². The van der Waals surface area contributed by atoms with E-state index >= 15 is 0 Å². The first-order valence-corrected chi connectivity index (χ1v) is 13.1. The monoisotopic (exact) mass is 500 g/mol. The molecule has 1 fully saturated rings. The van der Waals surface area contributed by atoms with Crippen LogP contribution in [0.4, 0.5) is 0 Å². The third-order valence-corrected chi connectivity index (χ3v) is 5.33. The number of aryl methyl sites for hydroxylation is 1. The van der Waals surface area contributed by atoms with Gasteiger partial charge in [0.25, 0.3) is 0 Å². The molecule has 34 heavy (non-hydrogen) atoms. The second-order valence-corrected chi connectivity index (χ2v) is 9.94. The molecule has 1 unspecified atom stereocenters. The topological polar surface area (TPSA) is 193 Å². The van der Waals surface area contributed by atoms with Crippen molar-refractivity contribution in [3.63, 3.8) is 0 Å². The van der Waals surface area contributed by atoms with Crippen molar-refractivity contribution in [1.82, 2.24) is 10.2 Å². The number of hydrogen-bond acceptors (Lipinski definition) is 7. The minimum Gasteiger partial charge on any atom is -0.480 e. The van der Waals surface area contributed by atoms with Gasteiger partial charge in [0.1, 0.15) is 12.1 Å². The van der Waals surface area contributed by atoms with Crippen LogP contribution in [-0.4, -0.2) is 78.8 Å². The van der Waals surface area contributed by atoms with E-state index in [2.05, 4.69) is 10.5 Å². The van der Waals surface area contributed by atoms with Crippen LogP contribution >= 0.6 is 0 Å². The molecule has 0 aromatic heterocycles. The fourth-order valence-electron chi connectivity index (χ4n) is 3.73. The lowest BCUT2D eigenvalue weighted by molar-refractivity contribution is -0.149. The minimum absolute atomic E-state index is 0.335. The number of nitrogens with two attached hydrogens (primary N) is 2. The van der Waals surface area contributed by atoms with Crippen LogP contribution in [0.3, 0.4) is 0 Å². The van der Waals surface area contributed by atoms with Gasteiger partial charge in [-0.25, -0.2) is 18.4 Å². The van der Waals surface area contributed by atoms with Crippen LogP contribution in [0.25, 0.3) is 0 Å². The Labute approximate surface area is 200 Å². The fraction of sp³-hybridized carbons (Fsp3) is 0.591. The van der Waals surface area contributed by atoms with Gasteiger partial charge in [0.05, 0.1) is 12.3 Å². The summed E-state index contributed by atoms with van der Waals surface area (Å²) in [5.41, 5.74) is 6.57. The van der Waals surface area contributed by atoms with Crippen molar-refractivity contribution in [3.05, 3.63) is 35.9 Å². The number of aliphatic carboxylic acids is 2. The summed E-state index contributed by atoms with van der Waals surface area (Å²) in [6.07, 6.45) is 4.70. The van der Waals surface area contributed by atoms with Crippen molar-refractivity contribution in [2.24, 2.45) is 10.9 Å². The zero-order valence-electron chi connectivity index (χ0n) is 19.4. The molecule has 0 aliphatic carbocycles. The third-order valence-electron chi connectivity index (χ3n) is 5.33. The van der Waals surface area contributed by atoms with Crippen LogP contribution in [0.15, 0.2) is 30.3 Å². The van der Waals surface area contributed by atoms with Gasteiger partial charge in [-0.2, -0.15) is 0 Å². The highest BCUT2D eigenvalue weighted by Gasteiger charge is 2.38. The number of nitrogens with zero attached hydrogens (tertiary/aromatic N) is 1. The number of unbranched alkanes of at least 4 members (excludes halogenated alkanes) is 1. The first-order chi connectivity index (χ1) is 15.9. The van der Waals surface area contributed by atoms with Gasteiger partial charge in [-0.15, -0.1) is 0 Å². The van der Waals surface area contributed by atoms with Crippen molar-refractivity contribution in [2.45, 2.75) is 63.1 Å². The molecule has 1 aliphatic rings. The van der Waals surface area contributed by atoms with Crippen LogP contribution in [0.5, 0.6) is 0 Å². The summed E-state index contributed by atoms with van der Waals surface area (Å²) >= 11 is 0. The summed E-state index contributed by atoms with van der Waals surface area (Å²) < 4.78 is 18.8. The highest BCUT2D eigenvalue weighted by molar-refractivity contribution is 7.88. The summed E-state index contributed by atoms with van der Waals surface area (Å²) in [7, 11) is -3.17. The summed E-state index contributed by atoms with van der Waals surface area (Å²) in [5.74, 6) is -2.37. The van der Waals surface area contributed by atoms with Crippen molar-refractivity contribution < 1.29 is 33.0 Å². The number of likely N-dealkylation sites (tertiary alicyclic amines) is 1. The van der Waals surface area contributed by atoms with E-state index in [0.29, 0.717) is 51.6 Å². The summed E-state index contributed by atoms with van der Waals surface area (Å²) in [5, 5.41) is 26.4. The number of rotatable bonds is 12. The van der Waals surface area contributed by atoms with Crippen LogP contribution in [0, 0.1) is 0 Å². The maximum Gasteiger partial charge on any atom is 0.326 e. The molecule has 1 heterocycles. The lowest BCUT2D eigenvalue weighted by Crippen LogP contribution is -2.54. The molecule has 192 valence electrons. The molecule has 1 aromatic rings. The fourth-order valence-corrected chi connectivity index (χ4v) is 3.73. The normalized spacial score (nSPS) is 17.4. The number of carboxylic acid groups (broad SMARTS) is 2. The molecule has 1 amide bonds. The Morgan fingerprint density at radius 2 is 1.74 bits per heavy atom. The Bertz CT molecular complexity index is 888. The zero-order chi connectivity index (χ0) is 25.7. The van der Waals surface area contributed by atoms with Crippen LogP contribution in [-0.2, 0) is 30.8 Å². The van der Waals surface area contributed by atoms with E-state index in [1.165, 1.54) is 4.90 Å². The number of amides is 1. The summed E-state index contributed by atoms with van der Waals surface area (Å²) in [6.45, 7) is 0.866. The number of primary sulfonamides is 1. The molecular weight excluding hydrogens is 464 g/mol. The average molecular weight is 501 g/mol. The van der Waals surface area contributed by atoms with Gasteiger partial charge in [-0.3, -0.25) is 14.9 Å². The van der Waals surface area contributed by atoms with Crippen molar-refractivity contribution in [2.75, 3.05) is 19.3 Å². The molecule has 7 N–H and O–H groups in total. The molecular formula is C22H36N4O7S. The first kappa shape index (κ1) is 29.5. The molecule has 0 spiro atoms. The number of sulfonamides is 1. The van der Waals surface area contributed by atoms with Gasteiger partial charge in [0, 0.05) is 6.54 Å². The lowest BCUT2D eigenvalue weighted by Gasteiger charge is -2.29. The number of carbonyl (C=O) groups is 3. The Morgan fingerprint density at radius 3 is 2.26 bits per heavy atom. The molecule has 3 atom stereocenters. The molecule has 1 aromatic carbocycles. The lowest BCUT2D eigenvalue weighted by atomic mass is 10.0. The second kappa shape index (κ2) is 14.7. The molecule has 1 saturated heterocycles. The van der Waals surface area contributed by atoms with Gasteiger partial charge in [-0.05, 0) is 50.6 Å². The van der Waals surface area contributed by atoms with E-state index in [4.69, 9.17) is 5.73 Å². The first-order valence-electron chi connectivity index (χ1n) is 11.2. The number of carboxylic acids is 2. The van der Waals surface area contributed by atoms with Gasteiger partial charge in [-0.1, -0.05) is 36.8 Å². The quantitative estimate of drug-likeness (QED) is 0.248. The Hall–Kier alpha value is -2.54. The molecule has 2 rings (SSSR count). The number of nitrogens with one attached hydrogen (secondary N) is 1. The molecule has 0 bridgehead atoms. The summed E-state index contributed by atoms with van der Waals surface area (Å²) in [4.78, 5) is 37.7.